The quantitative estimate of drug-likeness (QED) is 0.657. The molecule has 0 radical (unpaired) electrons. The highest BCUT2D eigenvalue weighted by molar-refractivity contribution is 7.90. The molecule has 0 bridgehead atoms. The third kappa shape index (κ3) is 3.18. The lowest BCUT2D eigenvalue weighted by Gasteiger charge is -2.10. The number of pyridine rings is 1. The van der Waals surface area contributed by atoms with Crippen LogP contribution in [0, 0.1) is 0 Å². The molecule has 0 saturated carbocycles. The Bertz CT molecular complexity index is 1020. The molecule has 0 aliphatic heterocycles. The Kier molecular flexibility index (Phi) is 4.13. The predicted molar refractivity (Wildman–Crippen MR) is 89.1 cm³/mol. The monoisotopic (exact) mass is 343 g/mol. The molecule has 24 heavy (non-hydrogen) atoms. The van der Waals surface area contributed by atoms with E-state index in [1.165, 1.54) is 13.2 Å². The lowest BCUT2D eigenvalue weighted by Crippen LogP contribution is -2.05. The summed E-state index contributed by atoms with van der Waals surface area (Å²) in [6.07, 6.45) is 3.16. The second kappa shape index (κ2) is 6.25. The van der Waals surface area contributed by atoms with E-state index in [-0.39, 0.29) is 11.5 Å². The Morgan fingerprint density at radius 2 is 1.88 bits per heavy atom. The molecule has 0 saturated heterocycles. The van der Waals surface area contributed by atoms with E-state index < -0.39 is 10.1 Å². The summed E-state index contributed by atoms with van der Waals surface area (Å²) in [6, 6.07) is 8.42. The van der Waals surface area contributed by atoms with Gasteiger partial charge in [-0.15, -0.1) is 0 Å². The van der Waals surface area contributed by atoms with Crippen molar-refractivity contribution in [2.45, 2.75) is 0 Å². The summed E-state index contributed by atoms with van der Waals surface area (Å²) in [5.41, 5.74) is 2.58. The van der Waals surface area contributed by atoms with Gasteiger partial charge in [0.1, 0.15) is 5.52 Å². The van der Waals surface area contributed by atoms with Crippen LogP contribution < -0.4 is 8.92 Å². The minimum Gasteiger partial charge on any atom is -0.493 e. The molecule has 0 amide bonds. The van der Waals surface area contributed by atoms with Gasteiger partial charge in [0.25, 0.3) is 0 Å². The van der Waals surface area contributed by atoms with E-state index in [1.54, 1.807) is 30.6 Å². The minimum absolute atomic E-state index is 0.0710. The smallest absolute Gasteiger partial charge is 0.331 e. The molecule has 0 fully saturated rings. The van der Waals surface area contributed by atoms with E-state index in [0.717, 1.165) is 11.0 Å². The third-order valence-corrected chi connectivity index (χ3v) is 4.02. The van der Waals surface area contributed by atoms with E-state index >= 15 is 0 Å². The van der Waals surface area contributed by atoms with Crippen LogP contribution in [0.1, 0.15) is 0 Å². The topological polar surface area (TPSA) is 91.3 Å². The summed E-state index contributed by atoms with van der Waals surface area (Å²) in [6.45, 7) is 3.20. The van der Waals surface area contributed by atoms with Gasteiger partial charge in [-0.05, 0) is 30.3 Å². The molecule has 3 rings (SSSR count). The Balaban J connectivity index is 2.03. The molecular formula is C16H13N3O4S. The number of nitrogens with zero attached hydrogens (tertiary/aromatic N) is 3. The van der Waals surface area contributed by atoms with Crippen LogP contribution in [0.5, 0.6) is 11.5 Å². The van der Waals surface area contributed by atoms with Gasteiger partial charge in [0.2, 0.25) is 0 Å². The van der Waals surface area contributed by atoms with E-state index in [2.05, 4.69) is 21.5 Å². The molecule has 2 aromatic heterocycles. The van der Waals surface area contributed by atoms with Gasteiger partial charge < -0.3 is 8.92 Å². The molecule has 122 valence electrons. The van der Waals surface area contributed by atoms with Crippen LogP contribution >= 0.6 is 0 Å². The van der Waals surface area contributed by atoms with Crippen LogP contribution in [-0.4, -0.2) is 30.5 Å². The number of hydrogen-bond donors (Lipinski definition) is 0. The molecule has 7 nitrogen and oxygen atoms in total. The van der Waals surface area contributed by atoms with Crippen molar-refractivity contribution in [3.63, 3.8) is 0 Å². The number of hydrogen-bond acceptors (Lipinski definition) is 7. The van der Waals surface area contributed by atoms with Gasteiger partial charge in [-0.3, -0.25) is 4.98 Å². The highest BCUT2D eigenvalue weighted by atomic mass is 32.2. The number of ether oxygens (including phenoxy) is 1. The third-order valence-electron chi connectivity index (χ3n) is 3.20. The van der Waals surface area contributed by atoms with Crippen LogP contribution in [0.25, 0.3) is 22.4 Å². The van der Waals surface area contributed by atoms with Crippen LogP contribution in [0.15, 0.2) is 54.7 Å². The molecule has 3 aromatic rings. The Morgan fingerprint density at radius 3 is 2.62 bits per heavy atom. The number of fused-ring (bicyclic) bond motifs is 1. The number of aromatic nitrogens is 3. The van der Waals surface area contributed by atoms with Crippen molar-refractivity contribution >= 4 is 21.3 Å². The first kappa shape index (κ1) is 15.9. The van der Waals surface area contributed by atoms with Crippen LogP contribution in [-0.2, 0) is 10.1 Å². The van der Waals surface area contributed by atoms with E-state index in [9.17, 15) is 8.42 Å². The second-order valence-electron chi connectivity index (χ2n) is 4.70. The first-order valence-corrected chi connectivity index (χ1v) is 8.32. The van der Waals surface area contributed by atoms with Crippen molar-refractivity contribution in [2.75, 3.05) is 7.11 Å². The highest BCUT2D eigenvalue weighted by Gasteiger charge is 2.14. The van der Waals surface area contributed by atoms with Crippen LogP contribution in [0.4, 0.5) is 0 Å². The molecule has 0 spiro atoms. The molecule has 0 unspecified atom stereocenters. The predicted octanol–water partition coefficient (Wildman–Crippen LogP) is 2.55. The summed E-state index contributed by atoms with van der Waals surface area (Å²) in [7, 11) is -2.44. The largest absolute Gasteiger partial charge is 0.493 e. The Hall–Kier alpha value is -3.00. The van der Waals surface area contributed by atoms with Crippen LogP contribution in [0.3, 0.4) is 0 Å². The summed E-state index contributed by atoms with van der Waals surface area (Å²) in [5.74, 6) is 0.334. The van der Waals surface area contributed by atoms with Gasteiger partial charge in [-0.25, -0.2) is 9.97 Å². The lowest BCUT2D eigenvalue weighted by atomic mass is 10.1. The van der Waals surface area contributed by atoms with Crippen molar-refractivity contribution in [2.24, 2.45) is 0 Å². The first-order valence-electron chi connectivity index (χ1n) is 6.85. The van der Waals surface area contributed by atoms with Crippen molar-refractivity contribution in [1.29, 1.82) is 0 Å². The van der Waals surface area contributed by atoms with Crippen molar-refractivity contribution in [3.8, 4) is 22.8 Å². The Labute approximate surface area is 138 Å². The number of rotatable bonds is 5. The SMILES string of the molecule is C=CS(=O)(=O)Oc1ccc(-c2ccc3nccnc3n2)cc1OC. The van der Waals surface area contributed by atoms with Gasteiger partial charge in [-0.2, -0.15) is 8.42 Å². The zero-order valence-electron chi connectivity index (χ0n) is 12.7. The van der Waals surface area contributed by atoms with Crippen molar-refractivity contribution in [1.82, 2.24) is 15.0 Å². The second-order valence-corrected chi connectivity index (χ2v) is 6.19. The summed E-state index contributed by atoms with van der Waals surface area (Å²) in [4.78, 5) is 12.8. The zero-order chi connectivity index (χ0) is 17.2. The number of methoxy groups -OCH3 is 1. The van der Waals surface area contributed by atoms with Gasteiger partial charge in [0.15, 0.2) is 17.1 Å². The normalized spacial score (nSPS) is 11.2. The maximum absolute atomic E-state index is 11.5. The van der Waals surface area contributed by atoms with Gasteiger partial charge >= 0.3 is 10.1 Å². The van der Waals surface area contributed by atoms with E-state index in [0.29, 0.717) is 16.9 Å². The fourth-order valence-corrected chi connectivity index (χ4v) is 2.53. The zero-order valence-corrected chi connectivity index (χ0v) is 13.5. The van der Waals surface area contributed by atoms with E-state index in [4.69, 9.17) is 8.92 Å². The maximum atomic E-state index is 11.5. The fourth-order valence-electron chi connectivity index (χ4n) is 2.07. The number of benzene rings is 1. The van der Waals surface area contributed by atoms with Crippen molar-refractivity contribution in [3.05, 3.63) is 54.7 Å². The minimum atomic E-state index is -3.86. The summed E-state index contributed by atoms with van der Waals surface area (Å²) in [5, 5.41) is 0.726. The highest BCUT2D eigenvalue weighted by Crippen LogP contribution is 2.33. The fraction of sp³-hybridized carbons (Fsp3) is 0.0625. The van der Waals surface area contributed by atoms with Crippen molar-refractivity contribution < 1.29 is 17.3 Å². The maximum Gasteiger partial charge on any atom is 0.331 e. The molecule has 0 aliphatic rings. The summed E-state index contributed by atoms with van der Waals surface area (Å²) >= 11 is 0. The standard InChI is InChI=1S/C16H13N3O4S/c1-3-24(20,21)23-14-7-4-11(10-15(14)22-2)12-5-6-13-16(19-12)18-9-8-17-13/h3-10H,1H2,2H3. The Morgan fingerprint density at radius 1 is 1.08 bits per heavy atom. The average molecular weight is 343 g/mol. The molecule has 0 N–H and O–H groups in total. The lowest BCUT2D eigenvalue weighted by molar-refractivity contribution is 0.392. The van der Waals surface area contributed by atoms with Gasteiger partial charge in [0, 0.05) is 18.0 Å². The van der Waals surface area contributed by atoms with Gasteiger partial charge in [-0.1, -0.05) is 6.58 Å². The first-order chi connectivity index (χ1) is 11.5. The average Bonchev–Trinajstić information content (AvgIpc) is 2.61. The molecule has 0 aliphatic carbocycles. The molecule has 1 aromatic carbocycles. The van der Waals surface area contributed by atoms with Gasteiger partial charge in [0.05, 0.1) is 18.2 Å². The van der Waals surface area contributed by atoms with E-state index in [1.807, 2.05) is 6.07 Å². The summed E-state index contributed by atoms with van der Waals surface area (Å²) < 4.78 is 33.2. The van der Waals surface area contributed by atoms with Crippen LogP contribution in [0.2, 0.25) is 0 Å². The molecule has 8 heteroatoms. The molecular weight excluding hydrogens is 330 g/mol. The molecule has 2 heterocycles. The molecule has 0 atom stereocenters.